The zero-order chi connectivity index (χ0) is 28.2. The third kappa shape index (κ3) is 8.37. The lowest BCUT2D eigenvalue weighted by molar-refractivity contribution is -0.148. The van der Waals surface area contributed by atoms with Crippen molar-refractivity contribution in [3.05, 3.63) is 83.7 Å². The van der Waals surface area contributed by atoms with E-state index in [0.29, 0.717) is 12.2 Å². The van der Waals surface area contributed by atoms with E-state index in [1.165, 1.54) is 26.3 Å². The van der Waals surface area contributed by atoms with Crippen molar-refractivity contribution in [2.45, 2.75) is 24.7 Å². The molecular formula is C28H30N2O8S. The number of para-hydroxylation sites is 1. The molecule has 0 radical (unpaired) electrons. The number of hydrogen-bond acceptors (Lipinski definition) is 10. The molecule has 10 nitrogen and oxygen atoms in total. The Morgan fingerprint density at radius 1 is 0.949 bits per heavy atom. The van der Waals surface area contributed by atoms with Crippen molar-refractivity contribution in [1.82, 2.24) is 10.3 Å². The zero-order valence-electron chi connectivity index (χ0n) is 21.8. The van der Waals surface area contributed by atoms with E-state index in [1.54, 1.807) is 7.11 Å². The minimum atomic E-state index is -0.713. The predicted octanol–water partition coefficient (Wildman–Crippen LogP) is 3.55. The van der Waals surface area contributed by atoms with Gasteiger partial charge in [0.2, 0.25) is 6.79 Å². The van der Waals surface area contributed by atoms with Crippen molar-refractivity contribution in [3.8, 4) is 17.2 Å². The molecule has 0 aliphatic carbocycles. The minimum absolute atomic E-state index is 0.0410. The molecule has 1 amide bonds. The van der Waals surface area contributed by atoms with Gasteiger partial charge in [0.05, 0.1) is 19.5 Å². The second-order valence-corrected chi connectivity index (χ2v) is 8.73. The fraction of sp³-hybridized carbons (Fsp3) is 0.286. The smallest absolute Gasteiger partial charge is 0.325 e. The van der Waals surface area contributed by atoms with Crippen LogP contribution in [0.15, 0.2) is 66.9 Å². The number of benzene rings is 2. The van der Waals surface area contributed by atoms with Crippen molar-refractivity contribution < 1.29 is 38.1 Å². The Kier molecular flexibility index (Phi) is 11.0. The number of carbonyl (C=O) groups is 3. The molecule has 0 saturated carbocycles. The number of aromatic nitrogens is 1. The maximum atomic E-state index is 12.9. The number of methoxy groups -OCH3 is 2. The fourth-order valence-corrected chi connectivity index (χ4v) is 4.02. The van der Waals surface area contributed by atoms with E-state index in [9.17, 15) is 14.4 Å². The van der Waals surface area contributed by atoms with Crippen LogP contribution in [0.5, 0.6) is 17.2 Å². The van der Waals surface area contributed by atoms with Gasteiger partial charge in [-0.05, 0) is 17.2 Å². The van der Waals surface area contributed by atoms with Crippen LogP contribution >= 0.6 is 12.6 Å². The predicted molar refractivity (Wildman–Crippen MR) is 145 cm³/mol. The van der Waals surface area contributed by atoms with Gasteiger partial charge in [-0.15, -0.1) is 0 Å². The highest BCUT2D eigenvalue weighted by Gasteiger charge is 2.26. The summed E-state index contributed by atoms with van der Waals surface area (Å²) in [5.41, 5.74) is 1.55. The highest BCUT2D eigenvalue weighted by Crippen LogP contribution is 2.31. The molecular weight excluding hydrogens is 524 g/mol. The van der Waals surface area contributed by atoms with Crippen LogP contribution in [0.2, 0.25) is 0 Å². The van der Waals surface area contributed by atoms with E-state index >= 15 is 0 Å². The lowest BCUT2D eigenvalue weighted by Crippen LogP contribution is -2.35. The Hall–Kier alpha value is -4.25. The highest BCUT2D eigenvalue weighted by molar-refractivity contribution is 7.80. The summed E-state index contributed by atoms with van der Waals surface area (Å²) in [4.78, 5) is 40.9. The summed E-state index contributed by atoms with van der Waals surface area (Å²) >= 11 is 4.75. The van der Waals surface area contributed by atoms with Crippen molar-refractivity contribution in [1.29, 1.82) is 0 Å². The summed E-state index contributed by atoms with van der Waals surface area (Å²) in [5.74, 6) is -1.14. The van der Waals surface area contributed by atoms with Crippen molar-refractivity contribution in [2.75, 3.05) is 27.6 Å². The Labute approximate surface area is 232 Å². The molecule has 3 rings (SSSR count). The molecule has 39 heavy (non-hydrogen) atoms. The number of hydrogen-bond donors (Lipinski definition) is 2. The van der Waals surface area contributed by atoms with Gasteiger partial charge in [0.1, 0.15) is 18.4 Å². The first kappa shape index (κ1) is 29.3. The molecule has 2 atom stereocenters. The number of nitrogens with zero attached hydrogens (tertiary/aromatic N) is 1. The van der Waals surface area contributed by atoms with Crippen LogP contribution in [-0.2, 0) is 25.5 Å². The monoisotopic (exact) mass is 554 g/mol. The summed E-state index contributed by atoms with van der Waals surface area (Å²) in [5, 5.41) is 2.04. The number of nitrogens with one attached hydrogen (secondary N) is 1. The number of rotatable bonds is 13. The average Bonchev–Trinajstić information content (AvgIpc) is 2.95. The number of thiol groups is 1. The van der Waals surface area contributed by atoms with Gasteiger partial charge >= 0.3 is 11.9 Å². The van der Waals surface area contributed by atoms with Gasteiger partial charge in [0.25, 0.3) is 5.91 Å². The molecule has 0 aliphatic heterocycles. The molecule has 11 heteroatoms. The molecule has 2 unspecified atom stereocenters. The fourth-order valence-electron chi connectivity index (χ4n) is 3.68. The first-order chi connectivity index (χ1) is 18.8. The molecule has 0 aliphatic rings. The van der Waals surface area contributed by atoms with Gasteiger partial charge in [-0.2, -0.15) is 12.6 Å². The second kappa shape index (κ2) is 14.6. The molecule has 0 saturated heterocycles. The Morgan fingerprint density at radius 3 is 2.33 bits per heavy atom. The molecule has 1 heterocycles. The van der Waals surface area contributed by atoms with Crippen LogP contribution < -0.4 is 19.5 Å². The van der Waals surface area contributed by atoms with E-state index in [-0.39, 0.29) is 17.2 Å². The summed E-state index contributed by atoms with van der Waals surface area (Å²) in [6, 6.07) is 18.4. The highest BCUT2D eigenvalue weighted by atomic mass is 32.1. The van der Waals surface area contributed by atoms with Crippen LogP contribution in [0, 0.1) is 0 Å². The zero-order valence-corrected chi connectivity index (χ0v) is 22.7. The summed E-state index contributed by atoms with van der Waals surface area (Å²) in [6.45, 7) is 0.323. The maximum absolute atomic E-state index is 12.9. The molecule has 2 aromatic carbocycles. The largest absolute Gasteiger partial charge is 0.496 e. The minimum Gasteiger partial charge on any atom is -0.496 e. The summed E-state index contributed by atoms with van der Waals surface area (Å²) in [7, 11) is 2.96. The van der Waals surface area contributed by atoms with Crippen LogP contribution in [0.1, 0.15) is 33.8 Å². The number of pyridine rings is 1. The third-order valence-corrected chi connectivity index (χ3v) is 6.18. The standard InChI is InChI=1S/C28H30N2O8S/c1-18(31)36-17-37-26-22(35-3)13-14-29-25(26)28(33)30-16-24(32)38-23(27(39)19-9-5-4-6-10-19)15-20-11-7-8-12-21(20)34-2/h4-14,23,27,39H,15-17H2,1-3H3,(H,30,33). The summed E-state index contributed by atoms with van der Waals surface area (Å²) in [6.07, 6.45) is 1.01. The van der Waals surface area contributed by atoms with E-state index in [0.717, 1.165) is 11.1 Å². The van der Waals surface area contributed by atoms with Gasteiger partial charge < -0.3 is 29.0 Å². The van der Waals surface area contributed by atoms with Gasteiger partial charge in [-0.3, -0.25) is 14.4 Å². The number of ether oxygens (including phenoxy) is 5. The Morgan fingerprint density at radius 2 is 1.64 bits per heavy atom. The molecule has 3 aromatic rings. The van der Waals surface area contributed by atoms with E-state index in [1.807, 2.05) is 54.6 Å². The van der Waals surface area contributed by atoms with Crippen LogP contribution in [0.3, 0.4) is 0 Å². The molecule has 1 N–H and O–H groups in total. The average molecular weight is 555 g/mol. The van der Waals surface area contributed by atoms with Gasteiger partial charge in [0, 0.05) is 25.6 Å². The number of esters is 2. The summed E-state index contributed by atoms with van der Waals surface area (Å²) < 4.78 is 26.7. The van der Waals surface area contributed by atoms with Crippen molar-refractivity contribution in [3.63, 3.8) is 0 Å². The van der Waals surface area contributed by atoms with Gasteiger partial charge in [-0.1, -0.05) is 48.5 Å². The SMILES string of the molecule is COc1ccccc1CC(OC(=O)CNC(=O)c1nccc(OC)c1OCOC(C)=O)C(S)c1ccccc1. The molecule has 0 bridgehead atoms. The van der Waals surface area contributed by atoms with Crippen molar-refractivity contribution >= 4 is 30.5 Å². The normalized spacial score (nSPS) is 12.0. The first-order valence-electron chi connectivity index (χ1n) is 12.0. The lowest BCUT2D eigenvalue weighted by Gasteiger charge is -2.25. The molecule has 0 fully saturated rings. The van der Waals surface area contributed by atoms with Gasteiger partial charge in [0.15, 0.2) is 17.2 Å². The lowest BCUT2D eigenvalue weighted by atomic mass is 10.00. The topological polar surface area (TPSA) is 122 Å². The number of carbonyl (C=O) groups excluding carboxylic acids is 3. The molecule has 1 aromatic heterocycles. The van der Waals surface area contributed by atoms with E-state index in [4.69, 9.17) is 36.3 Å². The molecule has 0 spiro atoms. The van der Waals surface area contributed by atoms with E-state index < -0.39 is 42.5 Å². The van der Waals surface area contributed by atoms with Crippen LogP contribution in [-0.4, -0.2) is 56.5 Å². The van der Waals surface area contributed by atoms with Gasteiger partial charge in [-0.25, -0.2) is 4.98 Å². The van der Waals surface area contributed by atoms with E-state index in [2.05, 4.69) is 10.3 Å². The first-order valence-corrected chi connectivity index (χ1v) is 12.5. The second-order valence-electron chi connectivity index (χ2n) is 8.17. The van der Waals surface area contributed by atoms with Crippen LogP contribution in [0.4, 0.5) is 0 Å². The maximum Gasteiger partial charge on any atom is 0.325 e. The molecule has 206 valence electrons. The third-order valence-electron chi connectivity index (χ3n) is 5.55. The van der Waals surface area contributed by atoms with Crippen molar-refractivity contribution in [2.24, 2.45) is 0 Å². The Balaban J connectivity index is 1.72. The van der Waals surface area contributed by atoms with Crippen LogP contribution in [0.25, 0.3) is 0 Å². The Bertz CT molecular complexity index is 1270. The quantitative estimate of drug-likeness (QED) is 0.186. The number of amides is 1.